The average Bonchev–Trinajstić information content (AvgIpc) is 2.69. The van der Waals surface area contributed by atoms with Gasteiger partial charge in [0.1, 0.15) is 0 Å². The number of hydrogen-bond acceptors (Lipinski definition) is 3. The molecule has 3 heterocycles. The van der Waals surface area contributed by atoms with Gasteiger partial charge in [0.05, 0.1) is 0 Å². The van der Waals surface area contributed by atoms with Crippen molar-refractivity contribution in [3.63, 3.8) is 0 Å². The first-order valence-electron chi connectivity index (χ1n) is 8.43. The van der Waals surface area contributed by atoms with Gasteiger partial charge in [-0.1, -0.05) is 6.92 Å². The van der Waals surface area contributed by atoms with Crippen molar-refractivity contribution < 1.29 is 0 Å². The third kappa shape index (κ3) is 3.48. The Labute approximate surface area is 123 Å². The van der Waals surface area contributed by atoms with Crippen LogP contribution in [0.3, 0.4) is 0 Å². The smallest absolute Gasteiger partial charge is 0.0114 e. The Hall–Kier alpha value is 0.270. The highest BCUT2D eigenvalue weighted by molar-refractivity contribution is 7.99. The molecule has 2 bridgehead atoms. The standard InChI is InChI=1S/C16H30N2S/c1-2-7-17-14-10-15-3-4-16(11-14)18(15)12-13-5-8-19-9-6-13/h13-17H,2-12H2,1H3. The summed E-state index contributed by atoms with van der Waals surface area (Å²) in [4.78, 5) is 2.91. The van der Waals surface area contributed by atoms with Gasteiger partial charge in [0.2, 0.25) is 0 Å². The molecule has 0 spiro atoms. The lowest BCUT2D eigenvalue weighted by atomic mass is 9.94. The zero-order valence-electron chi connectivity index (χ0n) is 12.4. The predicted molar refractivity (Wildman–Crippen MR) is 84.9 cm³/mol. The monoisotopic (exact) mass is 282 g/mol. The Bertz CT molecular complexity index is 264. The average molecular weight is 282 g/mol. The van der Waals surface area contributed by atoms with Gasteiger partial charge in [-0.3, -0.25) is 4.90 Å². The van der Waals surface area contributed by atoms with E-state index in [0.717, 1.165) is 24.0 Å². The number of fused-ring (bicyclic) bond motifs is 2. The van der Waals surface area contributed by atoms with Crippen LogP contribution in [0.4, 0.5) is 0 Å². The van der Waals surface area contributed by atoms with E-state index < -0.39 is 0 Å². The quantitative estimate of drug-likeness (QED) is 0.834. The number of thioether (sulfide) groups is 1. The van der Waals surface area contributed by atoms with Gasteiger partial charge in [0, 0.05) is 24.7 Å². The van der Waals surface area contributed by atoms with Crippen LogP contribution in [0.1, 0.15) is 51.9 Å². The lowest BCUT2D eigenvalue weighted by Crippen LogP contribution is -2.50. The predicted octanol–water partition coefficient (Wildman–Crippen LogP) is 3.12. The first-order valence-corrected chi connectivity index (χ1v) is 9.59. The molecule has 3 saturated heterocycles. The van der Waals surface area contributed by atoms with Crippen molar-refractivity contribution in [3.05, 3.63) is 0 Å². The maximum Gasteiger partial charge on any atom is 0.0114 e. The van der Waals surface area contributed by atoms with Gasteiger partial charge in [0.15, 0.2) is 0 Å². The van der Waals surface area contributed by atoms with Gasteiger partial charge < -0.3 is 5.32 Å². The van der Waals surface area contributed by atoms with Gasteiger partial charge >= 0.3 is 0 Å². The summed E-state index contributed by atoms with van der Waals surface area (Å²) in [6, 6.07) is 2.63. The Morgan fingerprint density at radius 1 is 1.05 bits per heavy atom. The third-order valence-corrected chi connectivity index (χ3v) is 6.43. The van der Waals surface area contributed by atoms with Crippen LogP contribution in [0.2, 0.25) is 0 Å². The summed E-state index contributed by atoms with van der Waals surface area (Å²) in [7, 11) is 0. The SMILES string of the molecule is CCCNC1CC2CCC(C1)N2CC1CCSCC1. The molecule has 0 radical (unpaired) electrons. The highest BCUT2D eigenvalue weighted by Gasteiger charge is 2.41. The van der Waals surface area contributed by atoms with Crippen LogP contribution in [-0.4, -0.2) is 47.6 Å². The van der Waals surface area contributed by atoms with E-state index in [-0.39, 0.29) is 0 Å². The molecule has 0 aliphatic carbocycles. The Morgan fingerprint density at radius 3 is 2.37 bits per heavy atom. The largest absolute Gasteiger partial charge is 0.314 e. The number of hydrogen-bond donors (Lipinski definition) is 1. The minimum Gasteiger partial charge on any atom is -0.314 e. The van der Waals surface area contributed by atoms with Crippen molar-refractivity contribution in [3.8, 4) is 0 Å². The van der Waals surface area contributed by atoms with Gasteiger partial charge in [-0.05, 0) is 68.9 Å². The Morgan fingerprint density at radius 2 is 1.74 bits per heavy atom. The van der Waals surface area contributed by atoms with Crippen LogP contribution < -0.4 is 5.32 Å². The van der Waals surface area contributed by atoms with E-state index >= 15 is 0 Å². The molecule has 0 amide bonds. The van der Waals surface area contributed by atoms with Gasteiger partial charge in [-0.2, -0.15) is 11.8 Å². The van der Waals surface area contributed by atoms with Crippen LogP contribution in [0.15, 0.2) is 0 Å². The van der Waals surface area contributed by atoms with Crippen LogP contribution in [0.25, 0.3) is 0 Å². The summed E-state index contributed by atoms with van der Waals surface area (Å²) in [5, 5.41) is 3.77. The lowest BCUT2D eigenvalue weighted by molar-refractivity contribution is 0.0955. The number of piperidine rings is 1. The first-order chi connectivity index (χ1) is 9.36. The number of nitrogens with zero attached hydrogens (tertiary/aromatic N) is 1. The van der Waals surface area contributed by atoms with Crippen molar-refractivity contribution in [1.29, 1.82) is 0 Å². The Kier molecular flexibility index (Phi) is 5.10. The van der Waals surface area contributed by atoms with Crippen molar-refractivity contribution >= 4 is 11.8 Å². The lowest BCUT2D eigenvalue weighted by Gasteiger charge is -2.41. The van der Waals surface area contributed by atoms with Gasteiger partial charge in [-0.15, -0.1) is 0 Å². The molecule has 2 atom stereocenters. The van der Waals surface area contributed by atoms with E-state index in [9.17, 15) is 0 Å². The van der Waals surface area contributed by atoms with E-state index in [0.29, 0.717) is 0 Å². The van der Waals surface area contributed by atoms with Crippen molar-refractivity contribution in [2.45, 2.75) is 70.0 Å². The third-order valence-electron chi connectivity index (χ3n) is 5.38. The summed E-state index contributed by atoms with van der Waals surface area (Å²) in [6.07, 6.45) is 9.98. The van der Waals surface area contributed by atoms with Crippen molar-refractivity contribution in [2.24, 2.45) is 5.92 Å². The van der Waals surface area contributed by atoms with Crippen molar-refractivity contribution in [1.82, 2.24) is 10.2 Å². The molecule has 19 heavy (non-hydrogen) atoms. The second-order valence-electron chi connectivity index (χ2n) is 6.76. The highest BCUT2D eigenvalue weighted by Crippen LogP contribution is 2.37. The maximum atomic E-state index is 3.77. The first kappa shape index (κ1) is 14.2. The molecular weight excluding hydrogens is 252 g/mol. The molecule has 0 aromatic rings. The molecule has 3 heteroatoms. The van der Waals surface area contributed by atoms with E-state index in [1.54, 1.807) is 0 Å². The molecule has 1 N–H and O–H groups in total. The Balaban J connectivity index is 1.51. The summed E-state index contributed by atoms with van der Waals surface area (Å²) in [5.41, 5.74) is 0. The fourth-order valence-electron chi connectivity index (χ4n) is 4.31. The normalized spacial score (nSPS) is 36.8. The fourth-order valence-corrected chi connectivity index (χ4v) is 5.52. The molecule has 0 saturated carbocycles. The van der Waals surface area contributed by atoms with Crippen LogP contribution >= 0.6 is 11.8 Å². The summed E-state index contributed by atoms with van der Waals surface area (Å²) in [6.45, 7) is 4.90. The molecule has 0 aromatic carbocycles. The zero-order chi connectivity index (χ0) is 13.1. The van der Waals surface area contributed by atoms with E-state index in [1.165, 1.54) is 69.5 Å². The zero-order valence-corrected chi connectivity index (χ0v) is 13.3. The van der Waals surface area contributed by atoms with E-state index in [4.69, 9.17) is 0 Å². The topological polar surface area (TPSA) is 15.3 Å². The van der Waals surface area contributed by atoms with Crippen molar-refractivity contribution in [2.75, 3.05) is 24.6 Å². The molecule has 2 unspecified atom stereocenters. The summed E-state index contributed by atoms with van der Waals surface area (Å²) in [5.74, 6) is 3.83. The maximum absolute atomic E-state index is 3.77. The van der Waals surface area contributed by atoms with Gasteiger partial charge in [0.25, 0.3) is 0 Å². The molecule has 3 fully saturated rings. The molecule has 2 nitrogen and oxygen atoms in total. The summed E-state index contributed by atoms with van der Waals surface area (Å²) < 4.78 is 0. The molecule has 0 aromatic heterocycles. The fraction of sp³-hybridized carbons (Fsp3) is 1.00. The molecular formula is C16H30N2S. The highest BCUT2D eigenvalue weighted by atomic mass is 32.2. The molecule has 3 rings (SSSR count). The second-order valence-corrected chi connectivity index (χ2v) is 7.98. The number of nitrogens with one attached hydrogen (secondary N) is 1. The molecule has 3 aliphatic heterocycles. The minimum absolute atomic E-state index is 0.815. The van der Waals surface area contributed by atoms with Crippen LogP contribution in [0, 0.1) is 5.92 Å². The molecule has 3 aliphatic rings. The summed E-state index contributed by atoms with van der Waals surface area (Å²) >= 11 is 2.16. The minimum atomic E-state index is 0.815. The van der Waals surface area contributed by atoms with Crippen LogP contribution in [0.5, 0.6) is 0 Å². The second kappa shape index (κ2) is 6.82. The van der Waals surface area contributed by atoms with Crippen LogP contribution in [-0.2, 0) is 0 Å². The van der Waals surface area contributed by atoms with E-state index in [1.807, 2.05) is 0 Å². The van der Waals surface area contributed by atoms with E-state index in [2.05, 4.69) is 28.9 Å². The van der Waals surface area contributed by atoms with Gasteiger partial charge in [-0.25, -0.2) is 0 Å². The molecule has 110 valence electrons. The number of rotatable bonds is 5.